The lowest BCUT2D eigenvalue weighted by atomic mass is 10.0. The average molecular weight is 290 g/mol. The summed E-state index contributed by atoms with van der Waals surface area (Å²) in [6.45, 7) is 3.21. The summed E-state index contributed by atoms with van der Waals surface area (Å²) >= 11 is 0. The van der Waals surface area contributed by atoms with E-state index in [4.69, 9.17) is 4.74 Å². The van der Waals surface area contributed by atoms with Gasteiger partial charge in [0, 0.05) is 6.61 Å². The van der Waals surface area contributed by atoms with Crippen LogP contribution in [-0.4, -0.2) is 55.1 Å². The fraction of sp³-hybridized carbons (Fsp3) is 0.818. The summed E-state index contributed by atoms with van der Waals surface area (Å²) in [5.74, 6) is -1.38. The number of carbonyl (C=O) groups is 2. The van der Waals surface area contributed by atoms with Gasteiger partial charge in [-0.15, -0.1) is 0 Å². The molecule has 0 spiro atoms. The zero-order valence-corrected chi connectivity index (χ0v) is 11.8. The monoisotopic (exact) mass is 290 g/mol. The summed E-state index contributed by atoms with van der Waals surface area (Å²) in [5, 5.41) is 2.15. The maximum absolute atomic E-state index is 12.4. The molecule has 8 heteroatoms. The van der Waals surface area contributed by atoms with Crippen molar-refractivity contribution >= 4 is 21.8 Å². The van der Waals surface area contributed by atoms with Gasteiger partial charge in [-0.25, -0.2) is 8.42 Å². The molecular formula is C11H18N2O5S. The van der Waals surface area contributed by atoms with E-state index in [0.717, 1.165) is 10.7 Å². The lowest BCUT2D eigenvalue weighted by molar-refractivity contribution is -0.141. The summed E-state index contributed by atoms with van der Waals surface area (Å²) in [5.41, 5.74) is -1.26. The number of amides is 2. The van der Waals surface area contributed by atoms with E-state index >= 15 is 0 Å². The van der Waals surface area contributed by atoms with Crippen LogP contribution in [0.3, 0.4) is 0 Å². The van der Waals surface area contributed by atoms with Gasteiger partial charge in [-0.3, -0.25) is 14.9 Å². The van der Waals surface area contributed by atoms with Crippen LogP contribution >= 0.6 is 0 Å². The van der Waals surface area contributed by atoms with E-state index in [1.165, 1.54) is 13.8 Å². The minimum atomic E-state index is -3.71. The van der Waals surface area contributed by atoms with Crippen LogP contribution in [0.5, 0.6) is 0 Å². The van der Waals surface area contributed by atoms with Gasteiger partial charge in [-0.2, -0.15) is 4.31 Å². The van der Waals surface area contributed by atoms with Crippen molar-refractivity contribution in [3.63, 3.8) is 0 Å². The predicted octanol–water partition coefficient (Wildman–Crippen LogP) is -0.768. The molecule has 2 saturated heterocycles. The second-order valence-corrected chi connectivity index (χ2v) is 7.29. The molecule has 0 aliphatic carbocycles. The first-order chi connectivity index (χ1) is 8.73. The minimum Gasteiger partial charge on any atom is -0.377 e. The first kappa shape index (κ1) is 14.4. The quantitative estimate of drug-likeness (QED) is 0.689. The molecule has 0 aromatic heterocycles. The van der Waals surface area contributed by atoms with Crippen LogP contribution in [-0.2, 0) is 24.3 Å². The Balaban J connectivity index is 2.21. The number of hydrogen-bond acceptors (Lipinski definition) is 5. The molecule has 0 aromatic rings. The highest BCUT2D eigenvalue weighted by Gasteiger charge is 2.47. The maximum atomic E-state index is 12.4. The molecule has 2 heterocycles. The Hall–Kier alpha value is -0.990. The molecule has 1 unspecified atom stereocenters. The van der Waals surface area contributed by atoms with Crippen molar-refractivity contribution in [1.29, 1.82) is 0 Å². The van der Waals surface area contributed by atoms with Crippen LogP contribution in [0.15, 0.2) is 0 Å². The summed E-state index contributed by atoms with van der Waals surface area (Å²) in [7, 11) is -3.71. The smallest absolute Gasteiger partial charge is 0.247 e. The van der Waals surface area contributed by atoms with Gasteiger partial charge in [0.05, 0.1) is 18.4 Å². The van der Waals surface area contributed by atoms with Crippen molar-refractivity contribution < 1.29 is 22.7 Å². The van der Waals surface area contributed by atoms with Crippen molar-refractivity contribution in [3.8, 4) is 0 Å². The number of piperazine rings is 1. The van der Waals surface area contributed by atoms with E-state index in [9.17, 15) is 18.0 Å². The largest absolute Gasteiger partial charge is 0.377 e. The van der Waals surface area contributed by atoms with Crippen LogP contribution in [0.25, 0.3) is 0 Å². The van der Waals surface area contributed by atoms with Gasteiger partial charge >= 0.3 is 0 Å². The summed E-state index contributed by atoms with van der Waals surface area (Å²) < 4.78 is 31.0. The number of sulfonamides is 1. The number of nitrogens with one attached hydrogen (secondary N) is 1. The molecule has 0 saturated carbocycles. The van der Waals surface area contributed by atoms with Gasteiger partial charge in [0.15, 0.2) is 0 Å². The average Bonchev–Trinajstić information content (AvgIpc) is 2.75. The van der Waals surface area contributed by atoms with Crippen LogP contribution in [0, 0.1) is 0 Å². The lowest BCUT2D eigenvalue weighted by Gasteiger charge is -2.39. The van der Waals surface area contributed by atoms with Crippen molar-refractivity contribution in [2.75, 3.05) is 18.9 Å². The Bertz CT molecular complexity index is 493. The molecular weight excluding hydrogens is 272 g/mol. The first-order valence-corrected chi connectivity index (χ1v) is 7.81. The molecule has 1 atom stereocenters. The number of nitrogens with zero attached hydrogens (tertiary/aromatic N) is 1. The Morgan fingerprint density at radius 3 is 2.68 bits per heavy atom. The molecule has 1 N–H and O–H groups in total. The first-order valence-electron chi connectivity index (χ1n) is 6.20. The normalized spacial score (nSPS) is 28.4. The molecule has 19 heavy (non-hydrogen) atoms. The number of hydrogen-bond donors (Lipinski definition) is 1. The third-order valence-electron chi connectivity index (χ3n) is 3.48. The van der Waals surface area contributed by atoms with E-state index in [2.05, 4.69) is 5.32 Å². The van der Waals surface area contributed by atoms with Crippen LogP contribution in [0.2, 0.25) is 0 Å². The fourth-order valence-corrected chi connectivity index (χ4v) is 4.31. The molecule has 7 nitrogen and oxygen atoms in total. The summed E-state index contributed by atoms with van der Waals surface area (Å²) in [6.07, 6.45) is 1.18. The number of carbonyl (C=O) groups excluding carboxylic acids is 2. The molecule has 0 bridgehead atoms. The number of imide groups is 1. The van der Waals surface area contributed by atoms with E-state index in [0.29, 0.717) is 13.0 Å². The Labute approximate surface area is 112 Å². The van der Waals surface area contributed by atoms with Gasteiger partial charge in [0.25, 0.3) is 0 Å². The molecule has 0 aromatic carbocycles. The van der Waals surface area contributed by atoms with Gasteiger partial charge < -0.3 is 4.74 Å². The zero-order valence-electron chi connectivity index (χ0n) is 11.0. The van der Waals surface area contributed by atoms with Crippen molar-refractivity contribution in [3.05, 3.63) is 0 Å². The third-order valence-corrected chi connectivity index (χ3v) is 5.53. The lowest BCUT2D eigenvalue weighted by Crippen LogP contribution is -2.65. The molecule has 0 radical (unpaired) electrons. The molecule has 2 fully saturated rings. The van der Waals surface area contributed by atoms with E-state index in [-0.39, 0.29) is 18.4 Å². The summed E-state index contributed by atoms with van der Waals surface area (Å²) in [6, 6.07) is 0. The minimum absolute atomic E-state index is 0.184. The second kappa shape index (κ2) is 4.84. The van der Waals surface area contributed by atoms with Crippen molar-refractivity contribution in [1.82, 2.24) is 9.62 Å². The maximum Gasteiger partial charge on any atom is 0.247 e. The fourth-order valence-electron chi connectivity index (χ4n) is 2.31. The Kier molecular flexibility index (Phi) is 3.67. The SMILES string of the molecule is CC1(C)C(=O)NC(=O)CN1S(=O)(=O)CC1CCCO1. The third kappa shape index (κ3) is 2.80. The Morgan fingerprint density at radius 1 is 1.42 bits per heavy atom. The predicted molar refractivity (Wildman–Crippen MR) is 66.7 cm³/mol. The van der Waals surface area contributed by atoms with Gasteiger partial charge in [0.2, 0.25) is 21.8 Å². The summed E-state index contributed by atoms with van der Waals surface area (Å²) in [4.78, 5) is 23.1. The molecule has 2 rings (SSSR count). The van der Waals surface area contributed by atoms with Crippen LogP contribution in [0.1, 0.15) is 26.7 Å². The Morgan fingerprint density at radius 2 is 2.11 bits per heavy atom. The molecule has 108 valence electrons. The molecule has 2 aliphatic rings. The zero-order chi connectivity index (χ0) is 14.3. The standard InChI is InChI=1S/C11H18N2O5S/c1-11(2)10(15)12-9(14)6-13(11)19(16,17)7-8-4-3-5-18-8/h8H,3-7H2,1-2H3,(H,12,14,15). The van der Waals surface area contributed by atoms with Crippen molar-refractivity contribution in [2.24, 2.45) is 0 Å². The van der Waals surface area contributed by atoms with Crippen LogP contribution < -0.4 is 5.32 Å². The van der Waals surface area contributed by atoms with Gasteiger partial charge in [-0.1, -0.05) is 0 Å². The molecule has 2 amide bonds. The number of rotatable bonds is 3. The van der Waals surface area contributed by atoms with Crippen LogP contribution in [0.4, 0.5) is 0 Å². The number of ether oxygens (including phenoxy) is 1. The highest BCUT2D eigenvalue weighted by molar-refractivity contribution is 7.89. The second-order valence-electron chi connectivity index (χ2n) is 5.36. The molecule has 2 aliphatic heterocycles. The van der Waals surface area contributed by atoms with E-state index in [1.807, 2.05) is 0 Å². The van der Waals surface area contributed by atoms with E-state index in [1.54, 1.807) is 0 Å². The van der Waals surface area contributed by atoms with Gasteiger partial charge in [-0.05, 0) is 26.7 Å². The van der Waals surface area contributed by atoms with E-state index < -0.39 is 27.4 Å². The van der Waals surface area contributed by atoms with Crippen molar-refractivity contribution in [2.45, 2.75) is 38.3 Å². The topological polar surface area (TPSA) is 92.8 Å². The highest BCUT2D eigenvalue weighted by Crippen LogP contribution is 2.24. The van der Waals surface area contributed by atoms with Gasteiger partial charge in [0.1, 0.15) is 5.54 Å². The highest BCUT2D eigenvalue weighted by atomic mass is 32.2.